The van der Waals surface area contributed by atoms with Gasteiger partial charge in [-0.2, -0.15) is 0 Å². The minimum atomic E-state index is -0.112. The second-order valence-electron chi connectivity index (χ2n) is 4.07. The molecule has 0 bridgehead atoms. The monoisotopic (exact) mass is 458 g/mol. The van der Waals surface area contributed by atoms with Crippen molar-refractivity contribution in [2.45, 2.75) is 0 Å². The summed E-state index contributed by atoms with van der Waals surface area (Å²) in [7, 11) is 0. The summed E-state index contributed by atoms with van der Waals surface area (Å²) in [6.07, 6.45) is 0. The molecule has 0 aliphatic carbocycles. The molecule has 0 spiro atoms. The number of H-pyrrole nitrogens is 1. The SMILES string of the molecule is O=c1[nH]c(-c2cc(Br)cs2)nc(-c2ccccc2)c1I. The second kappa shape index (κ2) is 5.79. The number of hydrogen-bond acceptors (Lipinski definition) is 3. The fourth-order valence-electron chi connectivity index (χ4n) is 1.80. The van der Waals surface area contributed by atoms with Gasteiger partial charge in [-0.25, -0.2) is 4.98 Å². The Kier molecular flexibility index (Phi) is 4.04. The van der Waals surface area contributed by atoms with E-state index in [0.717, 1.165) is 20.6 Å². The highest BCUT2D eigenvalue weighted by molar-refractivity contribution is 14.1. The van der Waals surface area contributed by atoms with E-state index >= 15 is 0 Å². The van der Waals surface area contributed by atoms with Gasteiger partial charge in [0.05, 0.1) is 10.6 Å². The Morgan fingerprint density at radius 3 is 2.65 bits per heavy atom. The molecule has 0 amide bonds. The first-order valence-corrected chi connectivity index (χ1v) is 8.50. The normalized spacial score (nSPS) is 10.7. The van der Waals surface area contributed by atoms with Crippen LogP contribution in [-0.2, 0) is 0 Å². The van der Waals surface area contributed by atoms with Crippen molar-refractivity contribution in [3.8, 4) is 22.0 Å². The van der Waals surface area contributed by atoms with Crippen LogP contribution in [0.2, 0.25) is 0 Å². The zero-order valence-corrected chi connectivity index (χ0v) is 14.6. The molecule has 2 heterocycles. The van der Waals surface area contributed by atoms with E-state index in [0.29, 0.717) is 9.39 Å². The third kappa shape index (κ3) is 2.72. The molecular formula is C14H8BrIN2OS. The van der Waals surface area contributed by atoms with Crippen LogP contribution >= 0.6 is 49.9 Å². The van der Waals surface area contributed by atoms with Crippen LogP contribution in [0.3, 0.4) is 0 Å². The molecule has 3 nitrogen and oxygen atoms in total. The van der Waals surface area contributed by atoms with Crippen molar-refractivity contribution < 1.29 is 0 Å². The lowest BCUT2D eigenvalue weighted by Gasteiger charge is -2.05. The maximum absolute atomic E-state index is 12.1. The second-order valence-corrected chi connectivity index (χ2v) is 6.98. The van der Waals surface area contributed by atoms with Gasteiger partial charge in [0.1, 0.15) is 3.57 Å². The van der Waals surface area contributed by atoms with Gasteiger partial charge in [0.15, 0.2) is 5.82 Å². The van der Waals surface area contributed by atoms with Crippen molar-refractivity contribution in [1.29, 1.82) is 0 Å². The van der Waals surface area contributed by atoms with Gasteiger partial charge in [0.2, 0.25) is 0 Å². The maximum atomic E-state index is 12.1. The number of halogens is 2. The Morgan fingerprint density at radius 2 is 2.00 bits per heavy atom. The molecule has 6 heteroatoms. The quantitative estimate of drug-likeness (QED) is 0.573. The van der Waals surface area contributed by atoms with E-state index in [1.165, 1.54) is 11.3 Å². The standard InChI is InChI=1S/C14H8BrIN2OS/c15-9-6-10(20-7-9)13-17-12(11(16)14(19)18-13)8-4-2-1-3-5-8/h1-7H,(H,17,18,19). The van der Waals surface area contributed by atoms with Crippen LogP contribution in [0.5, 0.6) is 0 Å². The first-order valence-electron chi connectivity index (χ1n) is 5.75. The van der Waals surface area contributed by atoms with E-state index in [2.05, 4.69) is 25.9 Å². The van der Waals surface area contributed by atoms with Crippen LogP contribution in [0.15, 0.2) is 51.0 Å². The smallest absolute Gasteiger partial charge is 0.265 e. The van der Waals surface area contributed by atoms with Gasteiger partial charge >= 0.3 is 0 Å². The van der Waals surface area contributed by atoms with Crippen molar-refractivity contribution >= 4 is 49.9 Å². The Morgan fingerprint density at radius 1 is 1.25 bits per heavy atom. The van der Waals surface area contributed by atoms with Crippen molar-refractivity contribution in [3.63, 3.8) is 0 Å². The lowest BCUT2D eigenvalue weighted by Crippen LogP contribution is -2.14. The number of benzene rings is 1. The van der Waals surface area contributed by atoms with Crippen LogP contribution in [0.1, 0.15) is 0 Å². The summed E-state index contributed by atoms with van der Waals surface area (Å²) in [4.78, 5) is 20.5. The zero-order chi connectivity index (χ0) is 14.1. The minimum Gasteiger partial charge on any atom is -0.305 e. The summed E-state index contributed by atoms with van der Waals surface area (Å²) in [5, 5.41) is 1.97. The predicted octanol–water partition coefficient (Wildman–Crippen LogP) is 4.53. The maximum Gasteiger partial charge on any atom is 0.265 e. The first kappa shape index (κ1) is 14.0. The van der Waals surface area contributed by atoms with E-state index in [9.17, 15) is 4.79 Å². The molecule has 3 rings (SSSR count). The summed E-state index contributed by atoms with van der Waals surface area (Å²) in [5.41, 5.74) is 1.55. The number of nitrogens with zero attached hydrogens (tertiary/aromatic N) is 1. The number of rotatable bonds is 2. The fourth-order valence-corrected chi connectivity index (χ4v) is 3.74. The Bertz CT molecular complexity index is 814. The Hall–Kier alpha value is -0.990. The fraction of sp³-hybridized carbons (Fsp3) is 0. The van der Waals surface area contributed by atoms with E-state index < -0.39 is 0 Å². The first-order chi connectivity index (χ1) is 9.65. The minimum absolute atomic E-state index is 0.112. The number of aromatic amines is 1. The molecule has 0 aliphatic heterocycles. The number of nitrogens with one attached hydrogen (secondary N) is 1. The zero-order valence-electron chi connectivity index (χ0n) is 10.1. The summed E-state index contributed by atoms with van der Waals surface area (Å²) >= 11 is 6.99. The van der Waals surface area contributed by atoms with Gasteiger partial charge in [-0.05, 0) is 44.6 Å². The average Bonchev–Trinajstić information content (AvgIpc) is 2.89. The number of aromatic nitrogens is 2. The van der Waals surface area contributed by atoms with Crippen LogP contribution in [0, 0.1) is 3.57 Å². The van der Waals surface area contributed by atoms with Gasteiger partial charge in [0, 0.05) is 15.4 Å². The summed E-state index contributed by atoms with van der Waals surface area (Å²) in [6, 6.07) is 11.7. The largest absolute Gasteiger partial charge is 0.305 e. The highest BCUT2D eigenvalue weighted by atomic mass is 127. The Labute approximate surface area is 141 Å². The third-order valence-corrected chi connectivity index (χ3v) is 5.41. The van der Waals surface area contributed by atoms with Crippen molar-refractivity contribution in [3.05, 3.63) is 60.2 Å². The summed E-state index contributed by atoms with van der Waals surface area (Å²) < 4.78 is 1.59. The molecule has 20 heavy (non-hydrogen) atoms. The van der Waals surface area contributed by atoms with E-state index in [1.807, 2.05) is 64.4 Å². The number of hydrogen-bond donors (Lipinski definition) is 1. The van der Waals surface area contributed by atoms with Gasteiger partial charge in [-0.3, -0.25) is 4.79 Å². The molecule has 0 aliphatic rings. The van der Waals surface area contributed by atoms with Crippen LogP contribution in [0.25, 0.3) is 22.0 Å². The topological polar surface area (TPSA) is 45.8 Å². The highest BCUT2D eigenvalue weighted by Gasteiger charge is 2.13. The van der Waals surface area contributed by atoms with E-state index in [4.69, 9.17) is 0 Å². The van der Waals surface area contributed by atoms with Gasteiger partial charge in [-0.1, -0.05) is 30.3 Å². The molecule has 3 aromatic rings. The number of thiophene rings is 1. The molecular weight excluding hydrogens is 451 g/mol. The third-order valence-electron chi connectivity index (χ3n) is 2.71. The molecule has 0 radical (unpaired) electrons. The molecule has 1 aromatic carbocycles. The molecule has 1 N–H and O–H groups in total. The van der Waals surface area contributed by atoms with Gasteiger partial charge < -0.3 is 4.98 Å². The van der Waals surface area contributed by atoms with Crippen molar-refractivity contribution in [2.24, 2.45) is 0 Å². The average molecular weight is 459 g/mol. The molecule has 0 fully saturated rings. The van der Waals surface area contributed by atoms with E-state index in [1.54, 1.807) is 0 Å². The molecule has 100 valence electrons. The van der Waals surface area contributed by atoms with Gasteiger partial charge in [0.25, 0.3) is 5.56 Å². The van der Waals surface area contributed by atoms with Crippen molar-refractivity contribution in [1.82, 2.24) is 9.97 Å². The molecule has 0 saturated carbocycles. The van der Waals surface area contributed by atoms with Crippen LogP contribution < -0.4 is 5.56 Å². The molecule has 0 saturated heterocycles. The summed E-state index contributed by atoms with van der Waals surface area (Å²) in [6.45, 7) is 0. The van der Waals surface area contributed by atoms with E-state index in [-0.39, 0.29) is 5.56 Å². The van der Waals surface area contributed by atoms with Gasteiger partial charge in [-0.15, -0.1) is 11.3 Å². The lowest BCUT2D eigenvalue weighted by molar-refractivity contribution is 1.12. The molecule has 2 aromatic heterocycles. The predicted molar refractivity (Wildman–Crippen MR) is 94.0 cm³/mol. The Balaban J connectivity index is 2.21. The highest BCUT2D eigenvalue weighted by Crippen LogP contribution is 2.29. The van der Waals surface area contributed by atoms with Crippen LogP contribution in [-0.4, -0.2) is 9.97 Å². The summed E-state index contributed by atoms with van der Waals surface area (Å²) in [5.74, 6) is 0.602. The van der Waals surface area contributed by atoms with Crippen LogP contribution in [0.4, 0.5) is 0 Å². The van der Waals surface area contributed by atoms with Crippen molar-refractivity contribution in [2.75, 3.05) is 0 Å². The molecule has 0 unspecified atom stereocenters. The lowest BCUT2D eigenvalue weighted by atomic mass is 10.1. The molecule has 0 atom stereocenters.